The van der Waals surface area contributed by atoms with E-state index < -0.39 is 0 Å². The topological polar surface area (TPSA) is 75.9 Å². The van der Waals surface area contributed by atoms with E-state index in [0.29, 0.717) is 0 Å². The second kappa shape index (κ2) is 6.47. The summed E-state index contributed by atoms with van der Waals surface area (Å²) < 4.78 is 1.78. The van der Waals surface area contributed by atoms with Crippen LogP contribution in [0.3, 0.4) is 0 Å². The predicted molar refractivity (Wildman–Crippen MR) is 99.3 cm³/mol. The Morgan fingerprint density at radius 1 is 0.960 bits per heavy atom. The Bertz CT molecular complexity index is 900. The van der Waals surface area contributed by atoms with Crippen molar-refractivity contribution >= 4 is 34.4 Å². The highest BCUT2D eigenvalue weighted by atomic mass is 32.2. The Labute approximate surface area is 150 Å². The molecule has 4 heterocycles. The molecule has 1 fully saturated rings. The van der Waals surface area contributed by atoms with E-state index in [0.717, 1.165) is 59.6 Å². The maximum absolute atomic E-state index is 4.69. The van der Waals surface area contributed by atoms with Crippen molar-refractivity contribution in [2.45, 2.75) is 12.1 Å². The van der Waals surface area contributed by atoms with Crippen LogP contribution >= 0.6 is 11.8 Å². The minimum Gasteiger partial charge on any atom is -0.353 e. The largest absolute Gasteiger partial charge is 0.353 e. The Balaban J connectivity index is 1.55. The molecule has 25 heavy (non-hydrogen) atoms. The van der Waals surface area contributed by atoms with E-state index in [9.17, 15) is 0 Å². The van der Waals surface area contributed by atoms with Crippen LogP contribution in [0.5, 0.6) is 0 Å². The zero-order valence-corrected chi connectivity index (χ0v) is 15.4. The number of aromatic nitrogens is 6. The second-order valence-electron chi connectivity index (χ2n) is 6.04. The Kier molecular flexibility index (Phi) is 4.16. The van der Waals surface area contributed by atoms with Crippen LogP contribution in [0, 0.1) is 6.92 Å². The molecule has 0 spiro atoms. The van der Waals surface area contributed by atoms with Crippen molar-refractivity contribution in [2.24, 2.45) is 7.05 Å². The maximum Gasteiger partial charge on any atom is 0.189 e. The minimum atomic E-state index is 0.816. The molecular formula is C16H20N8S. The third-order valence-corrected chi connectivity index (χ3v) is 5.05. The molecule has 0 atom stereocenters. The van der Waals surface area contributed by atoms with Crippen LogP contribution in [0.1, 0.15) is 5.56 Å². The SMILES string of the molecule is CSc1ncc(C)c(N2CCN(c3ncnc4c3cnn4C)CC2)n1. The number of aryl methyl sites for hydroxylation is 2. The highest BCUT2D eigenvalue weighted by Gasteiger charge is 2.23. The molecular weight excluding hydrogens is 336 g/mol. The van der Waals surface area contributed by atoms with Crippen LogP contribution in [-0.2, 0) is 7.05 Å². The quantitative estimate of drug-likeness (QED) is 0.516. The summed E-state index contributed by atoms with van der Waals surface area (Å²) in [6, 6.07) is 0. The molecule has 9 heteroatoms. The molecule has 4 rings (SSSR count). The number of nitrogens with zero attached hydrogens (tertiary/aromatic N) is 8. The van der Waals surface area contributed by atoms with E-state index >= 15 is 0 Å². The van der Waals surface area contributed by atoms with Crippen LogP contribution in [0.4, 0.5) is 11.6 Å². The molecule has 0 saturated carbocycles. The van der Waals surface area contributed by atoms with Gasteiger partial charge in [0.25, 0.3) is 0 Å². The average Bonchev–Trinajstić information content (AvgIpc) is 3.04. The van der Waals surface area contributed by atoms with E-state index in [4.69, 9.17) is 0 Å². The molecule has 8 nitrogen and oxygen atoms in total. The summed E-state index contributed by atoms with van der Waals surface area (Å²) in [6.45, 7) is 5.64. The van der Waals surface area contributed by atoms with Crippen LogP contribution in [0.2, 0.25) is 0 Å². The number of anilines is 2. The first kappa shape index (κ1) is 16.1. The van der Waals surface area contributed by atoms with Gasteiger partial charge in [0.1, 0.15) is 18.0 Å². The van der Waals surface area contributed by atoms with Crippen LogP contribution in [0.15, 0.2) is 23.9 Å². The highest BCUT2D eigenvalue weighted by molar-refractivity contribution is 7.98. The smallest absolute Gasteiger partial charge is 0.189 e. The van der Waals surface area contributed by atoms with Gasteiger partial charge < -0.3 is 9.80 Å². The average molecular weight is 356 g/mol. The fourth-order valence-corrected chi connectivity index (χ4v) is 3.50. The number of rotatable bonds is 3. The van der Waals surface area contributed by atoms with Crippen molar-refractivity contribution in [3.8, 4) is 0 Å². The standard InChI is InChI=1S/C16H20N8S/c1-11-8-17-16(25-3)21-13(11)23-4-6-24(7-5-23)15-12-9-20-22(2)14(12)18-10-19-15/h8-10H,4-7H2,1-3H3. The first-order chi connectivity index (χ1) is 12.2. The molecule has 3 aromatic rings. The van der Waals surface area contributed by atoms with E-state index in [2.05, 4.69) is 41.8 Å². The van der Waals surface area contributed by atoms with Crippen molar-refractivity contribution < 1.29 is 0 Å². The molecule has 0 aromatic carbocycles. The fourth-order valence-electron chi connectivity index (χ4n) is 3.17. The van der Waals surface area contributed by atoms with Crippen molar-refractivity contribution in [1.29, 1.82) is 0 Å². The molecule has 3 aromatic heterocycles. The van der Waals surface area contributed by atoms with Crippen molar-refractivity contribution in [1.82, 2.24) is 29.7 Å². The Morgan fingerprint density at radius 2 is 1.68 bits per heavy atom. The molecule has 0 bridgehead atoms. The number of hydrogen-bond donors (Lipinski definition) is 0. The molecule has 1 aliphatic heterocycles. The lowest BCUT2D eigenvalue weighted by Crippen LogP contribution is -2.47. The van der Waals surface area contributed by atoms with Crippen LogP contribution in [-0.4, -0.2) is 62.2 Å². The van der Waals surface area contributed by atoms with E-state index in [1.165, 1.54) is 0 Å². The first-order valence-corrected chi connectivity index (χ1v) is 9.40. The van der Waals surface area contributed by atoms with Gasteiger partial charge in [0, 0.05) is 45.0 Å². The van der Waals surface area contributed by atoms with Gasteiger partial charge >= 0.3 is 0 Å². The minimum absolute atomic E-state index is 0.816. The normalized spacial score (nSPS) is 15.2. The monoisotopic (exact) mass is 356 g/mol. The molecule has 0 aliphatic carbocycles. The zero-order valence-electron chi connectivity index (χ0n) is 14.5. The maximum atomic E-state index is 4.69. The summed E-state index contributed by atoms with van der Waals surface area (Å²) in [6.07, 6.45) is 7.37. The third-order valence-electron chi connectivity index (χ3n) is 4.49. The van der Waals surface area contributed by atoms with Crippen LogP contribution in [0.25, 0.3) is 11.0 Å². The number of hydrogen-bond acceptors (Lipinski definition) is 8. The van der Waals surface area contributed by atoms with E-state index in [-0.39, 0.29) is 0 Å². The Morgan fingerprint density at radius 3 is 2.40 bits per heavy atom. The summed E-state index contributed by atoms with van der Waals surface area (Å²) in [4.78, 5) is 22.5. The molecule has 0 N–H and O–H groups in total. The zero-order chi connectivity index (χ0) is 17.4. The summed E-state index contributed by atoms with van der Waals surface area (Å²) >= 11 is 1.57. The van der Waals surface area contributed by atoms with Gasteiger partial charge in [-0.3, -0.25) is 4.68 Å². The van der Waals surface area contributed by atoms with Gasteiger partial charge in [-0.2, -0.15) is 5.10 Å². The number of piperazine rings is 1. The summed E-state index contributed by atoms with van der Waals surface area (Å²) in [5.41, 5.74) is 1.98. The first-order valence-electron chi connectivity index (χ1n) is 8.17. The highest BCUT2D eigenvalue weighted by Crippen LogP contribution is 2.25. The van der Waals surface area contributed by atoms with Gasteiger partial charge in [-0.05, 0) is 13.2 Å². The predicted octanol–water partition coefficient (Wildman–Crippen LogP) is 1.51. The lowest BCUT2D eigenvalue weighted by molar-refractivity contribution is 0.637. The summed E-state index contributed by atoms with van der Waals surface area (Å²) in [7, 11) is 1.90. The lowest BCUT2D eigenvalue weighted by atomic mass is 10.2. The molecule has 130 valence electrons. The van der Waals surface area contributed by atoms with Crippen molar-refractivity contribution in [3.63, 3.8) is 0 Å². The number of fused-ring (bicyclic) bond motifs is 1. The summed E-state index contributed by atoms with van der Waals surface area (Å²) in [5, 5.41) is 6.12. The van der Waals surface area contributed by atoms with Crippen molar-refractivity contribution in [3.05, 3.63) is 24.3 Å². The molecule has 1 aliphatic rings. The van der Waals surface area contributed by atoms with Gasteiger partial charge in [0.15, 0.2) is 10.8 Å². The van der Waals surface area contributed by atoms with Crippen LogP contribution < -0.4 is 9.80 Å². The van der Waals surface area contributed by atoms with E-state index in [1.807, 2.05) is 25.7 Å². The molecule has 1 saturated heterocycles. The summed E-state index contributed by atoms with van der Waals surface area (Å²) in [5.74, 6) is 2.00. The lowest BCUT2D eigenvalue weighted by Gasteiger charge is -2.36. The number of thioether (sulfide) groups is 1. The Hall–Kier alpha value is -2.42. The second-order valence-corrected chi connectivity index (χ2v) is 6.81. The van der Waals surface area contributed by atoms with E-state index in [1.54, 1.807) is 22.8 Å². The molecule has 0 radical (unpaired) electrons. The molecule has 0 unspecified atom stereocenters. The third kappa shape index (κ3) is 2.88. The molecule has 0 amide bonds. The fraction of sp³-hybridized carbons (Fsp3) is 0.438. The van der Waals surface area contributed by atoms with Gasteiger partial charge in [-0.1, -0.05) is 11.8 Å². The van der Waals surface area contributed by atoms with Gasteiger partial charge in [-0.25, -0.2) is 19.9 Å². The van der Waals surface area contributed by atoms with Gasteiger partial charge in [0.05, 0.1) is 11.6 Å². The van der Waals surface area contributed by atoms with Crippen molar-refractivity contribution in [2.75, 3.05) is 42.2 Å². The van der Waals surface area contributed by atoms with Gasteiger partial charge in [0.2, 0.25) is 0 Å². The van der Waals surface area contributed by atoms with Gasteiger partial charge in [-0.15, -0.1) is 0 Å².